The van der Waals surface area contributed by atoms with Gasteiger partial charge in [0.2, 0.25) is 0 Å². The van der Waals surface area contributed by atoms with E-state index in [0.29, 0.717) is 0 Å². The molecule has 0 saturated carbocycles. The van der Waals surface area contributed by atoms with Crippen LogP contribution in [0.5, 0.6) is 0 Å². The van der Waals surface area contributed by atoms with Gasteiger partial charge in [-0.25, -0.2) is 9.89 Å². The van der Waals surface area contributed by atoms with E-state index in [1.165, 1.54) is 12.1 Å². The van der Waals surface area contributed by atoms with Gasteiger partial charge in [-0.15, -0.1) is 0 Å². The molecule has 0 saturated heterocycles. The second-order valence-corrected chi connectivity index (χ2v) is 5.16. The summed E-state index contributed by atoms with van der Waals surface area (Å²) >= 11 is 0. The van der Waals surface area contributed by atoms with E-state index in [-0.39, 0.29) is 17.4 Å². The van der Waals surface area contributed by atoms with Crippen LogP contribution in [0.25, 0.3) is 0 Å². The molecule has 0 aliphatic rings. The fraction of sp³-hybridized carbons (Fsp3) is 0.0556. The highest BCUT2D eigenvalue weighted by molar-refractivity contribution is 5.88. The highest BCUT2D eigenvalue weighted by atomic mass is 16.2. The Morgan fingerprint density at radius 3 is 1.96 bits per heavy atom. The van der Waals surface area contributed by atoms with Crippen molar-refractivity contribution in [3.8, 4) is 0 Å². The lowest BCUT2D eigenvalue weighted by atomic mass is 9.99. The van der Waals surface area contributed by atoms with Crippen molar-refractivity contribution < 1.29 is 4.79 Å². The average molecular weight is 320 g/mol. The molecule has 6 heteroatoms. The summed E-state index contributed by atoms with van der Waals surface area (Å²) in [6.45, 7) is 0. The lowest BCUT2D eigenvalue weighted by molar-refractivity contribution is 0.250. The molecule has 1 heterocycles. The molecule has 0 atom stereocenters. The first-order valence-corrected chi connectivity index (χ1v) is 7.45. The Morgan fingerprint density at radius 1 is 0.875 bits per heavy atom. The van der Waals surface area contributed by atoms with Gasteiger partial charge in [-0.1, -0.05) is 60.7 Å². The number of hydrogen-bond donors (Lipinski definition) is 3. The molecule has 2 aromatic carbocycles. The molecular formula is C18H16N4O2. The highest BCUT2D eigenvalue weighted by Gasteiger charge is 2.16. The van der Waals surface area contributed by atoms with Crippen molar-refractivity contribution in [2.24, 2.45) is 0 Å². The van der Waals surface area contributed by atoms with Crippen molar-refractivity contribution in [3.63, 3.8) is 0 Å². The third-order valence-electron chi connectivity index (χ3n) is 3.46. The van der Waals surface area contributed by atoms with Gasteiger partial charge in [0, 0.05) is 6.07 Å². The van der Waals surface area contributed by atoms with Crippen molar-refractivity contribution in [2.45, 2.75) is 6.04 Å². The number of nitrogens with one attached hydrogen (secondary N) is 3. The van der Waals surface area contributed by atoms with Gasteiger partial charge in [-0.05, 0) is 17.2 Å². The minimum absolute atomic E-state index is 0.270. The predicted molar refractivity (Wildman–Crippen MR) is 91.7 cm³/mol. The zero-order chi connectivity index (χ0) is 16.8. The van der Waals surface area contributed by atoms with Crippen molar-refractivity contribution in [3.05, 3.63) is 94.3 Å². The lowest BCUT2D eigenvalue weighted by Crippen LogP contribution is -2.33. The van der Waals surface area contributed by atoms with Crippen LogP contribution >= 0.6 is 0 Å². The maximum atomic E-state index is 12.3. The number of hydrogen-bond acceptors (Lipinski definition) is 3. The molecule has 24 heavy (non-hydrogen) atoms. The molecule has 0 aliphatic carbocycles. The maximum Gasteiger partial charge on any atom is 0.321 e. The molecule has 2 amide bonds. The summed E-state index contributed by atoms with van der Waals surface area (Å²) in [5.41, 5.74) is 1.61. The molecule has 6 nitrogen and oxygen atoms in total. The second-order valence-electron chi connectivity index (χ2n) is 5.16. The number of anilines is 1. The molecule has 0 fully saturated rings. The first-order valence-electron chi connectivity index (χ1n) is 7.45. The average Bonchev–Trinajstić information content (AvgIpc) is 2.63. The predicted octanol–water partition coefficient (Wildman–Crippen LogP) is 2.68. The van der Waals surface area contributed by atoms with Crippen LogP contribution in [0.2, 0.25) is 0 Å². The number of H-pyrrole nitrogens is 1. The van der Waals surface area contributed by atoms with Crippen LogP contribution in [0.3, 0.4) is 0 Å². The Bertz CT molecular complexity index is 803. The Hall–Kier alpha value is -3.41. The third-order valence-corrected chi connectivity index (χ3v) is 3.46. The molecular weight excluding hydrogens is 304 g/mol. The number of aromatic nitrogens is 2. The zero-order valence-electron chi connectivity index (χ0n) is 12.8. The second kappa shape index (κ2) is 7.23. The normalized spacial score (nSPS) is 10.4. The summed E-state index contributed by atoms with van der Waals surface area (Å²) < 4.78 is 0. The molecule has 3 rings (SSSR count). The number of benzene rings is 2. The SMILES string of the molecule is O=C(Nc1ccc(=O)[nH]n1)NC(c1ccccc1)c1ccccc1. The molecule has 0 bridgehead atoms. The van der Waals surface area contributed by atoms with E-state index in [2.05, 4.69) is 20.8 Å². The monoisotopic (exact) mass is 320 g/mol. The van der Waals surface area contributed by atoms with E-state index in [9.17, 15) is 9.59 Å². The summed E-state index contributed by atoms with van der Waals surface area (Å²) in [5, 5.41) is 11.6. The molecule has 0 spiro atoms. The zero-order valence-corrected chi connectivity index (χ0v) is 12.8. The Balaban J connectivity index is 1.80. The van der Waals surface area contributed by atoms with Crippen molar-refractivity contribution in [1.82, 2.24) is 15.5 Å². The van der Waals surface area contributed by atoms with E-state index >= 15 is 0 Å². The minimum atomic E-state index is -0.410. The number of carbonyl (C=O) groups is 1. The van der Waals surface area contributed by atoms with Gasteiger partial charge >= 0.3 is 6.03 Å². The Morgan fingerprint density at radius 2 is 1.46 bits per heavy atom. The maximum absolute atomic E-state index is 12.3. The molecule has 3 N–H and O–H groups in total. The molecule has 0 radical (unpaired) electrons. The van der Waals surface area contributed by atoms with E-state index in [1.54, 1.807) is 0 Å². The number of rotatable bonds is 4. The van der Waals surface area contributed by atoms with Crippen LogP contribution in [0.4, 0.5) is 10.6 Å². The van der Waals surface area contributed by atoms with Crippen LogP contribution in [0.15, 0.2) is 77.6 Å². The largest absolute Gasteiger partial charge is 0.327 e. The number of carbonyl (C=O) groups excluding carboxylic acids is 1. The summed E-state index contributed by atoms with van der Waals surface area (Å²) in [7, 11) is 0. The van der Waals surface area contributed by atoms with E-state index in [4.69, 9.17) is 0 Å². The highest BCUT2D eigenvalue weighted by Crippen LogP contribution is 2.21. The smallest absolute Gasteiger partial charge is 0.321 e. The fourth-order valence-corrected chi connectivity index (χ4v) is 2.35. The lowest BCUT2D eigenvalue weighted by Gasteiger charge is -2.20. The first-order chi connectivity index (χ1) is 11.7. The number of nitrogens with zero attached hydrogens (tertiary/aromatic N) is 1. The minimum Gasteiger partial charge on any atom is -0.327 e. The quantitative estimate of drug-likeness (QED) is 0.691. The van der Waals surface area contributed by atoms with Crippen molar-refractivity contribution in [2.75, 3.05) is 5.32 Å². The number of aromatic amines is 1. The summed E-state index contributed by atoms with van der Waals surface area (Å²) in [6.07, 6.45) is 0. The number of amides is 2. The molecule has 1 aromatic heterocycles. The standard InChI is InChI=1S/C18H16N4O2/c23-16-12-11-15(21-22-16)19-18(24)20-17(13-7-3-1-4-8-13)14-9-5-2-6-10-14/h1-12,17H,(H,22,23)(H2,19,20,21,24). The fourth-order valence-electron chi connectivity index (χ4n) is 2.35. The Labute approximate surface area is 138 Å². The van der Waals surface area contributed by atoms with Crippen LogP contribution in [0, 0.1) is 0 Å². The van der Waals surface area contributed by atoms with Gasteiger partial charge in [0.05, 0.1) is 6.04 Å². The molecule has 3 aromatic rings. The van der Waals surface area contributed by atoms with E-state index in [0.717, 1.165) is 11.1 Å². The van der Waals surface area contributed by atoms with Gasteiger partial charge in [0.1, 0.15) is 0 Å². The first kappa shape index (κ1) is 15.5. The molecule has 0 aliphatic heterocycles. The molecule has 0 unspecified atom stereocenters. The van der Waals surface area contributed by atoms with Crippen LogP contribution < -0.4 is 16.2 Å². The van der Waals surface area contributed by atoms with Gasteiger partial charge < -0.3 is 5.32 Å². The van der Waals surface area contributed by atoms with Crippen molar-refractivity contribution in [1.29, 1.82) is 0 Å². The molecule has 120 valence electrons. The van der Waals surface area contributed by atoms with Crippen LogP contribution in [-0.2, 0) is 0 Å². The third kappa shape index (κ3) is 3.86. The van der Waals surface area contributed by atoms with E-state index in [1.807, 2.05) is 60.7 Å². The van der Waals surface area contributed by atoms with Gasteiger partial charge in [-0.2, -0.15) is 5.10 Å². The van der Waals surface area contributed by atoms with E-state index < -0.39 is 6.03 Å². The van der Waals surface area contributed by atoms with Crippen LogP contribution in [0.1, 0.15) is 17.2 Å². The van der Waals surface area contributed by atoms with Crippen molar-refractivity contribution >= 4 is 11.8 Å². The van der Waals surface area contributed by atoms with Gasteiger partial charge in [-0.3, -0.25) is 10.1 Å². The van der Waals surface area contributed by atoms with Gasteiger partial charge in [0.25, 0.3) is 5.56 Å². The van der Waals surface area contributed by atoms with Gasteiger partial charge in [0.15, 0.2) is 5.82 Å². The topological polar surface area (TPSA) is 86.9 Å². The number of urea groups is 1. The summed E-state index contributed by atoms with van der Waals surface area (Å²) in [4.78, 5) is 23.3. The summed E-state index contributed by atoms with van der Waals surface area (Å²) in [5.74, 6) is 0.270. The van der Waals surface area contributed by atoms with Crippen LogP contribution in [-0.4, -0.2) is 16.2 Å². The summed E-state index contributed by atoms with van der Waals surface area (Å²) in [6, 6.07) is 21.4. The Kier molecular flexibility index (Phi) is 4.67.